The first-order valence-electron chi connectivity index (χ1n) is 6.76. The van der Waals surface area contributed by atoms with Crippen molar-refractivity contribution in [1.29, 1.82) is 0 Å². The summed E-state index contributed by atoms with van der Waals surface area (Å²) < 4.78 is 2.05. The van der Waals surface area contributed by atoms with E-state index in [1.807, 2.05) is 25.3 Å². The van der Waals surface area contributed by atoms with Crippen LogP contribution in [-0.4, -0.2) is 32.3 Å². The second-order valence-corrected chi connectivity index (χ2v) is 5.51. The normalized spacial score (nSPS) is 12.0. The summed E-state index contributed by atoms with van der Waals surface area (Å²) in [6.45, 7) is 6.15. The lowest BCUT2D eigenvalue weighted by Gasteiger charge is -2.28. The van der Waals surface area contributed by atoms with Crippen molar-refractivity contribution >= 4 is 17.0 Å². The predicted molar refractivity (Wildman–Crippen MR) is 77.1 cm³/mol. The van der Waals surface area contributed by atoms with E-state index < -0.39 is 5.97 Å². The molecule has 5 nitrogen and oxygen atoms in total. The molecule has 0 saturated heterocycles. The van der Waals surface area contributed by atoms with Crippen LogP contribution in [0.4, 0.5) is 0 Å². The van der Waals surface area contributed by atoms with Crippen LogP contribution in [0.25, 0.3) is 11.0 Å². The minimum atomic E-state index is -0.947. The second-order valence-electron chi connectivity index (χ2n) is 5.51. The standard InChI is InChI=1S/C15H20N2O3/c1-4-13-16-11-6-5-10(14(19)20)9-12(11)17(13)15(2,3)7-8-18/h5-6,9,18H,4,7-8H2,1-3H3,(H,19,20). The Labute approximate surface area is 117 Å². The summed E-state index contributed by atoms with van der Waals surface area (Å²) in [6.07, 6.45) is 1.34. The summed E-state index contributed by atoms with van der Waals surface area (Å²) in [5, 5.41) is 18.4. The van der Waals surface area contributed by atoms with Crippen molar-refractivity contribution in [2.75, 3.05) is 6.61 Å². The van der Waals surface area contributed by atoms with Crippen molar-refractivity contribution < 1.29 is 15.0 Å². The van der Waals surface area contributed by atoms with Crippen molar-refractivity contribution in [2.45, 2.75) is 39.2 Å². The Balaban J connectivity index is 2.71. The highest BCUT2D eigenvalue weighted by Gasteiger charge is 2.25. The van der Waals surface area contributed by atoms with Gasteiger partial charge in [-0.1, -0.05) is 6.92 Å². The summed E-state index contributed by atoms with van der Waals surface area (Å²) in [5.41, 5.74) is 1.53. The molecule has 2 rings (SSSR count). The molecule has 0 saturated carbocycles. The summed E-state index contributed by atoms with van der Waals surface area (Å²) in [5.74, 6) is -0.0429. The van der Waals surface area contributed by atoms with Gasteiger partial charge in [0.1, 0.15) is 5.82 Å². The monoisotopic (exact) mass is 276 g/mol. The average Bonchev–Trinajstić information content (AvgIpc) is 2.76. The summed E-state index contributed by atoms with van der Waals surface area (Å²) in [4.78, 5) is 15.7. The molecule has 0 atom stereocenters. The Morgan fingerprint density at radius 3 is 2.65 bits per heavy atom. The molecule has 2 N–H and O–H groups in total. The van der Waals surface area contributed by atoms with E-state index in [0.717, 1.165) is 23.3 Å². The maximum absolute atomic E-state index is 11.1. The lowest BCUT2D eigenvalue weighted by atomic mass is 10.00. The van der Waals surface area contributed by atoms with E-state index in [4.69, 9.17) is 5.11 Å². The fourth-order valence-electron chi connectivity index (χ4n) is 2.56. The number of aliphatic hydroxyl groups excluding tert-OH is 1. The van der Waals surface area contributed by atoms with Crippen LogP contribution in [0.1, 0.15) is 43.4 Å². The first-order valence-corrected chi connectivity index (χ1v) is 6.76. The first kappa shape index (κ1) is 14.5. The Bertz CT molecular complexity index is 644. The van der Waals surface area contributed by atoms with Crippen molar-refractivity contribution in [3.05, 3.63) is 29.6 Å². The molecule has 0 aliphatic rings. The van der Waals surface area contributed by atoms with Crippen molar-refractivity contribution in [3.63, 3.8) is 0 Å². The number of carboxylic acids is 1. The average molecular weight is 276 g/mol. The number of carboxylic acid groups (broad SMARTS) is 1. The molecule has 0 bridgehead atoms. The highest BCUT2D eigenvalue weighted by molar-refractivity contribution is 5.92. The Kier molecular flexibility index (Phi) is 3.81. The van der Waals surface area contributed by atoms with E-state index in [-0.39, 0.29) is 17.7 Å². The molecule has 1 aromatic carbocycles. The van der Waals surface area contributed by atoms with Gasteiger partial charge in [0.25, 0.3) is 0 Å². The van der Waals surface area contributed by atoms with E-state index in [1.165, 1.54) is 0 Å². The maximum Gasteiger partial charge on any atom is 0.335 e. The number of fused-ring (bicyclic) bond motifs is 1. The van der Waals surface area contributed by atoms with Crippen LogP contribution < -0.4 is 0 Å². The van der Waals surface area contributed by atoms with E-state index >= 15 is 0 Å². The number of nitrogens with zero attached hydrogens (tertiary/aromatic N) is 2. The molecular formula is C15H20N2O3. The van der Waals surface area contributed by atoms with Gasteiger partial charge < -0.3 is 14.8 Å². The third-order valence-corrected chi connectivity index (χ3v) is 3.62. The zero-order valence-corrected chi connectivity index (χ0v) is 12.1. The molecule has 0 fully saturated rings. The molecule has 1 heterocycles. The number of benzene rings is 1. The predicted octanol–water partition coefficient (Wildman–Crippen LogP) is 2.41. The number of hydrogen-bond donors (Lipinski definition) is 2. The van der Waals surface area contributed by atoms with Gasteiger partial charge in [-0.25, -0.2) is 9.78 Å². The Morgan fingerprint density at radius 2 is 2.10 bits per heavy atom. The molecular weight excluding hydrogens is 256 g/mol. The number of hydrogen-bond acceptors (Lipinski definition) is 3. The van der Waals surface area contributed by atoms with E-state index in [0.29, 0.717) is 6.42 Å². The van der Waals surface area contributed by atoms with Crippen LogP contribution in [0.3, 0.4) is 0 Å². The second kappa shape index (κ2) is 5.25. The van der Waals surface area contributed by atoms with Gasteiger partial charge >= 0.3 is 5.97 Å². The zero-order chi connectivity index (χ0) is 14.9. The van der Waals surface area contributed by atoms with Crippen LogP contribution in [-0.2, 0) is 12.0 Å². The van der Waals surface area contributed by atoms with Gasteiger partial charge in [-0.3, -0.25) is 0 Å². The molecule has 108 valence electrons. The van der Waals surface area contributed by atoms with Gasteiger partial charge in [-0.2, -0.15) is 0 Å². The summed E-state index contributed by atoms with van der Waals surface area (Å²) in [7, 11) is 0. The quantitative estimate of drug-likeness (QED) is 0.879. The summed E-state index contributed by atoms with van der Waals surface area (Å²) in [6, 6.07) is 4.97. The minimum Gasteiger partial charge on any atom is -0.478 e. The Morgan fingerprint density at radius 1 is 1.40 bits per heavy atom. The van der Waals surface area contributed by atoms with Gasteiger partial charge in [0.2, 0.25) is 0 Å². The highest BCUT2D eigenvalue weighted by atomic mass is 16.4. The van der Waals surface area contributed by atoms with Gasteiger partial charge in [-0.05, 0) is 38.5 Å². The van der Waals surface area contributed by atoms with Crippen LogP contribution in [0.15, 0.2) is 18.2 Å². The first-order chi connectivity index (χ1) is 9.40. The van der Waals surface area contributed by atoms with Gasteiger partial charge in [-0.15, -0.1) is 0 Å². The van der Waals surface area contributed by atoms with Crippen molar-refractivity contribution in [2.24, 2.45) is 0 Å². The molecule has 0 unspecified atom stereocenters. The maximum atomic E-state index is 11.1. The minimum absolute atomic E-state index is 0.0778. The lowest BCUT2D eigenvalue weighted by molar-refractivity contribution is 0.0697. The number of imidazole rings is 1. The van der Waals surface area contributed by atoms with Crippen molar-refractivity contribution in [1.82, 2.24) is 9.55 Å². The molecule has 0 spiro atoms. The van der Waals surface area contributed by atoms with E-state index in [1.54, 1.807) is 18.2 Å². The molecule has 0 aliphatic carbocycles. The van der Waals surface area contributed by atoms with Crippen LogP contribution in [0.5, 0.6) is 0 Å². The van der Waals surface area contributed by atoms with Gasteiger partial charge in [0.15, 0.2) is 0 Å². The molecule has 20 heavy (non-hydrogen) atoms. The smallest absolute Gasteiger partial charge is 0.335 e. The third-order valence-electron chi connectivity index (χ3n) is 3.62. The number of rotatable bonds is 5. The highest BCUT2D eigenvalue weighted by Crippen LogP contribution is 2.29. The van der Waals surface area contributed by atoms with Crippen molar-refractivity contribution in [3.8, 4) is 0 Å². The molecule has 0 aliphatic heterocycles. The summed E-state index contributed by atoms with van der Waals surface area (Å²) >= 11 is 0. The zero-order valence-electron chi connectivity index (χ0n) is 12.1. The lowest BCUT2D eigenvalue weighted by Crippen LogP contribution is -2.29. The fourth-order valence-corrected chi connectivity index (χ4v) is 2.56. The van der Waals surface area contributed by atoms with Gasteiger partial charge in [0.05, 0.1) is 16.6 Å². The van der Waals surface area contributed by atoms with Gasteiger partial charge in [0, 0.05) is 18.6 Å². The number of aliphatic hydroxyl groups is 1. The largest absolute Gasteiger partial charge is 0.478 e. The van der Waals surface area contributed by atoms with E-state index in [9.17, 15) is 9.90 Å². The molecule has 2 aromatic rings. The number of aromatic carboxylic acids is 1. The molecule has 0 radical (unpaired) electrons. The SMILES string of the molecule is CCc1nc2ccc(C(=O)O)cc2n1C(C)(C)CCO. The molecule has 1 aromatic heterocycles. The number of carbonyl (C=O) groups is 1. The van der Waals surface area contributed by atoms with E-state index in [2.05, 4.69) is 4.98 Å². The number of aromatic nitrogens is 2. The fraction of sp³-hybridized carbons (Fsp3) is 0.467. The molecule has 5 heteroatoms. The van der Waals surface area contributed by atoms with Crippen LogP contribution >= 0.6 is 0 Å². The number of aryl methyl sites for hydroxylation is 1. The van der Waals surface area contributed by atoms with Crippen LogP contribution in [0, 0.1) is 0 Å². The third kappa shape index (κ3) is 2.41. The Hall–Kier alpha value is -1.88. The van der Waals surface area contributed by atoms with Crippen LogP contribution in [0.2, 0.25) is 0 Å². The topological polar surface area (TPSA) is 75.3 Å². The molecule has 0 amide bonds.